The van der Waals surface area contributed by atoms with Gasteiger partial charge in [-0.2, -0.15) is 0 Å². The predicted octanol–water partition coefficient (Wildman–Crippen LogP) is 5.39. The van der Waals surface area contributed by atoms with Crippen molar-refractivity contribution in [3.05, 3.63) is 86.5 Å². The smallest absolute Gasteiger partial charge is 0.269 e. The van der Waals surface area contributed by atoms with E-state index in [2.05, 4.69) is 10.3 Å². The second-order valence-electron chi connectivity index (χ2n) is 7.60. The molecule has 7 nitrogen and oxygen atoms in total. The lowest BCUT2D eigenvalue weighted by atomic mass is 9.96. The molecule has 2 N–H and O–H groups in total. The Labute approximate surface area is 182 Å². The largest absolute Gasteiger partial charge is 0.505 e. The van der Waals surface area contributed by atoms with Crippen LogP contribution < -0.4 is 5.32 Å². The van der Waals surface area contributed by atoms with Crippen molar-refractivity contribution >= 4 is 33.1 Å². The fraction of sp³-hybridized carbons (Fsp3) is 0.217. The van der Waals surface area contributed by atoms with Crippen LogP contribution in [0.5, 0.6) is 5.75 Å². The fourth-order valence-corrected chi connectivity index (χ4v) is 5.15. The van der Waals surface area contributed by atoms with Crippen molar-refractivity contribution < 1.29 is 10.0 Å². The Morgan fingerprint density at radius 1 is 1.13 bits per heavy atom. The third-order valence-electron chi connectivity index (χ3n) is 5.62. The van der Waals surface area contributed by atoms with Gasteiger partial charge in [0, 0.05) is 34.2 Å². The molecule has 0 aliphatic heterocycles. The number of nitrogens with one attached hydrogen (secondary N) is 1. The summed E-state index contributed by atoms with van der Waals surface area (Å²) < 4.78 is 0. The van der Waals surface area contributed by atoms with Crippen LogP contribution in [-0.4, -0.2) is 20.0 Å². The molecule has 0 spiro atoms. The first kappa shape index (κ1) is 19.4. The molecule has 1 aliphatic carbocycles. The minimum absolute atomic E-state index is 0.00105. The van der Waals surface area contributed by atoms with Gasteiger partial charge in [0.1, 0.15) is 11.3 Å². The van der Waals surface area contributed by atoms with Crippen LogP contribution in [0.3, 0.4) is 0 Å². The number of nitro groups is 1. The number of benzene rings is 2. The second-order valence-corrected chi connectivity index (χ2v) is 8.69. The molecule has 1 atom stereocenters. The first-order valence-electron chi connectivity index (χ1n) is 10.2. The van der Waals surface area contributed by atoms with Gasteiger partial charge in [-0.1, -0.05) is 30.3 Å². The average molecular weight is 433 g/mol. The van der Waals surface area contributed by atoms with Gasteiger partial charge in [-0.25, -0.2) is 4.98 Å². The van der Waals surface area contributed by atoms with Crippen molar-refractivity contribution in [1.29, 1.82) is 0 Å². The number of rotatable bonds is 5. The normalized spacial score (nSPS) is 14.2. The highest BCUT2D eigenvalue weighted by molar-refractivity contribution is 7.15. The highest BCUT2D eigenvalue weighted by Crippen LogP contribution is 2.39. The maximum Gasteiger partial charge on any atom is 0.269 e. The van der Waals surface area contributed by atoms with Crippen molar-refractivity contribution in [2.75, 3.05) is 5.32 Å². The van der Waals surface area contributed by atoms with E-state index in [1.165, 1.54) is 23.4 Å². The Balaban J connectivity index is 1.62. The van der Waals surface area contributed by atoms with E-state index >= 15 is 0 Å². The Morgan fingerprint density at radius 3 is 2.84 bits per heavy atom. The maximum atomic E-state index is 11.4. The number of nitro benzene ring substituents is 1. The Kier molecular flexibility index (Phi) is 4.99. The summed E-state index contributed by atoms with van der Waals surface area (Å²) in [6.07, 6.45) is 5.94. The number of pyridine rings is 1. The second kappa shape index (κ2) is 7.96. The molecular formula is C23H20N4O3S. The van der Waals surface area contributed by atoms with Crippen molar-refractivity contribution in [3.8, 4) is 5.75 Å². The highest BCUT2D eigenvalue weighted by atomic mass is 32.1. The molecule has 0 unspecified atom stereocenters. The summed E-state index contributed by atoms with van der Waals surface area (Å²) in [5.74, 6) is 0.0587. The summed E-state index contributed by atoms with van der Waals surface area (Å²) in [6, 6.07) is 13.4. The molecule has 0 amide bonds. The molecule has 0 radical (unpaired) electrons. The first-order valence-corrected chi connectivity index (χ1v) is 11.0. The van der Waals surface area contributed by atoms with E-state index in [1.807, 2.05) is 30.3 Å². The topological polar surface area (TPSA) is 101 Å². The maximum absolute atomic E-state index is 11.4. The molecule has 0 bridgehead atoms. The highest BCUT2D eigenvalue weighted by Gasteiger charge is 2.24. The van der Waals surface area contributed by atoms with Gasteiger partial charge in [0.25, 0.3) is 5.69 Å². The Morgan fingerprint density at radius 2 is 2.00 bits per heavy atom. The van der Waals surface area contributed by atoms with Crippen LogP contribution in [-0.2, 0) is 12.8 Å². The predicted molar refractivity (Wildman–Crippen MR) is 121 cm³/mol. The molecule has 2 aromatic heterocycles. The lowest BCUT2D eigenvalue weighted by Gasteiger charge is -2.21. The molecular weight excluding hydrogens is 412 g/mol. The van der Waals surface area contributed by atoms with Gasteiger partial charge in [0.2, 0.25) is 0 Å². The summed E-state index contributed by atoms with van der Waals surface area (Å²) in [5, 5.41) is 27.4. The molecule has 156 valence electrons. The molecule has 1 aliphatic rings. The van der Waals surface area contributed by atoms with Crippen LogP contribution in [0, 0.1) is 10.1 Å². The molecule has 2 aromatic carbocycles. The number of fused-ring (bicyclic) bond motifs is 2. The number of aromatic hydroxyl groups is 1. The third-order valence-corrected chi connectivity index (χ3v) is 6.71. The van der Waals surface area contributed by atoms with Gasteiger partial charge >= 0.3 is 0 Å². The zero-order chi connectivity index (χ0) is 21.4. The van der Waals surface area contributed by atoms with Crippen molar-refractivity contribution in [3.63, 3.8) is 0 Å². The minimum atomic E-state index is -0.515. The van der Waals surface area contributed by atoms with Gasteiger partial charge < -0.3 is 10.4 Å². The third kappa shape index (κ3) is 3.70. The number of phenols is 1. The number of hydrogen-bond acceptors (Lipinski definition) is 7. The summed E-state index contributed by atoms with van der Waals surface area (Å²) in [5.41, 5.74) is 2.89. The quantitative estimate of drug-likeness (QED) is 0.324. The molecule has 5 rings (SSSR count). The lowest BCUT2D eigenvalue weighted by molar-refractivity contribution is -0.384. The van der Waals surface area contributed by atoms with Gasteiger partial charge in [-0.15, -0.1) is 11.3 Å². The van der Waals surface area contributed by atoms with E-state index in [0.717, 1.165) is 35.5 Å². The summed E-state index contributed by atoms with van der Waals surface area (Å²) in [6.45, 7) is 0. The number of aryl methyl sites for hydroxylation is 2. The van der Waals surface area contributed by atoms with Crippen LogP contribution in [0.1, 0.15) is 40.6 Å². The van der Waals surface area contributed by atoms with Crippen molar-refractivity contribution in [2.24, 2.45) is 0 Å². The summed E-state index contributed by atoms with van der Waals surface area (Å²) >= 11 is 1.62. The van der Waals surface area contributed by atoms with Crippen LogP contribution >= 0.6 is 11.3 Å². The molecule has 0 fully saturated rings. The van der Waals surface area contributed by atoms with Gasteiger partial charge in [-0.05, 0) is 37.3 Å². The number of anilines is 1. The number of aromatic nitrogens is 2. The SMILES string of the molecule is O=[N+]([O-])c1cccc([C@H](Nc2nc3c(s2)CCCC3)c2ccc3cccnc3c2O)c1. The van der Waals surface area contributed by atoms with E-state index in [0.29, 0.717) is 16.6 Å². The zero-order valence-electron chi connectivity index (χ0n) is 16.6. The number of hydrogen-bond donors (Lipinski definition) is 2. The van der Waals surface area contributed by atoms with Gasteiger partial charge in [0.15, 0.2) is 5.13 Å². The molecule has 0 saturated carbocycles. The fourth-order valence-electron chi connectivity index (χ4n) is 4.07. The summed E-state index contributed by atoms with van der Waals surface area (Å²) in [7, 11) is 0. The zero-order valence-corrected chi connectivity index (χ0v) is 17.4. The minimum Gasteiger partial charge on any atom is -0.505 e. The molecule has 2 heterocycles. The number of phenolic OH excluding ortho intramolecular Hbond substituents is 1. The van der Waals surface area contributed by atoms with Gasteiger partial charge in [0.05, 0.1) is 16.7 Å². The number of nitrogens with zero attached hydrogens (tertiary/aromatic N) is 3. The molecule has 0 saturated heterocycles. The Bertz CT molecular complexity index is 1260. The summed E-state index contributed by atoms with van der Waals surface area (Å²) in [4.78, 5) is 21.3. The van der Waals surface area contributed by atoms with E-state index < -0.39 is 11.0 Å². The van der Waals surface area contributed by atoms with E-state index in [1.54, 1.807) is 23.6 Å². The average Bonchev–Trinajstić information content (AvgIpc) is 3.21. The monoisotopic (exact) mass is 432 g/mol. The first-order chi connectivity index (χ1) is 15.1. The van der Waals surface area contributed by atoms with Gasteiger partial charge in [-0.3, -0.25) is 15.1 Å². The molecule has 4 aromatic rings. The van der Waals surface area contributed by atoms with Crippen molar-refractivity contribution in [1.82, 2.24) is 9.97 Å². The number of thiazole rings is 1. The van der Waals surface area contributed by atoms with Crippen molar-refractivity contribution in [2.45, 2.75) is 31.7 Å². The molecule has 8 heteroatoms. The standard InChI is InChI=1S/C23H20N4O3S/c28-22-17(11-10-14-6-4-12-24-21(14)22)20(15-5-3-7-16(13-15)27(29)30)26-23-25-18-8-1-2-9-19(18)31-23/h3-7,10-13,20,28H,1-2,8-9H2,(H,25,26)/t20-/m0/s1. The number of non-ortho nitro benzene ring substituents is 1. The molecule has 31 heavy (non-hydrogen) atoms. The van der Waals surface area contributed by atoms with Crippen LogP contribution in [0.25, 0.3) is 10.9 Å². The van der Waals surface area contributed by atoms with E-state index in [4.69, 9.17) is 4.98 Å². The van der Waals surface area contributed by atoms with Crippen LogP contribution in [0.2, 0.25) is 0 Å². The van der Waals surface area contributed by atoms with E-state index in [9.17, 15) is 15.2 Å². The van der Waals surface area contributed by atoms with Crippen LogP contribution in [0.15, 0.2) is 54.7 Å². The van der Waals surface area contributed by atoms with Crippen LogP contribution in [0.4, 0.5) is 10.8 Å². The lowest BCUT2D eigenvalue weighted by Crippen LogP contribution is -2.13. The Hall–Kier alpha value is -3.52. The van der Waals surface area contributed by atoms with E-state index in [-0.39, 0.29) is 11.4 Å².